The Labute approximate surface area is 83.1 Å². The van der Waals surface area contributed by atoms with Crippen LogP contribution in [0.5, 0.6) is 0 Å². The highest BCUT2D eigenvalue weighted by molar-refractivity contribution is 5.15. The van der Waals surface area contributed by atoms with E-state index in [1.807, 2.05) is 0 Å². The number of rotatable bonds is 4. The highest BCUT2D eigenvalue weighted by atomic mass is 15.1. The van der Waals surface area contributed by atoms with Crippen molar-refractivity contribution in [1.82, 2.24) is 4.90 Å². The zero-order valence-electron chi connectivity index (χ0n) is 9.94. The summed E-state index contributed by atoms with van der Waals surface area (Å²) in [5.74, 6) is 0.519. The first-order valence-electron chi connectivity index (χ1n) is 5.00. The SMILES string of the molecule is C=C(C(C)C)N(C)C(CC)=C(C)C. The number of hydrogen-bond acceptors (Lipinski definition) is 1. The quantitative estimate of drug-likeness (QED) is 0.637. The van der Waals surface area contributed by atoms with Gasteiger partial charge in [-0.3, -0.25) is 0 Å². The molecule has 0 bridgehead atoms. The first kappa shape index (κ1) is 12.3. The van der Waals surface area contributed by atoms with E-state index in [0.29, 0.717) is 5.92 Å². The Morgan fingerprint density at radius 2 is 1.77 bits per heavy atom. The highest BCUT2D eigenvalue weighted by Crippen LogP contribution is 2.20. The fraction of sp³-hybridized carbons (Fsp3) is 0.667. The Hall–Kier alpha value is -0.720. The van der Waals surface area contributed by atoms with Crippen LogP contribution in [0.1, 0.15) is 41.0 Å². The van der Waals surface area contributed by atoms with Gasteiger partial charge in [0.2, 0.25) is 0 Å². The molecule has 76 valence electrons. The largest absolute Gasteiger partial charge is 0.352 e. The second kappa shape index (κ2) is 5.11. The van der Waals surface area contributed by atoms with Gasteiger partial charge in [0.1, 0.15) is 0 Å². The number of nitrogens with zero attached hydrogens (tertiary/aromatic N) is 1. The van der Waals surface area contributed by atoms with Crippen molar-refractivity contribution >= 4 is 0 Å². The van der Waals surface area contributed by atoms with Crippen molar-refractivity contribution in [1.29, 1.82) is 0 Å². The third-order valence-corrected chi connectivity index (χ3v) is 2.41. The molecule has 0 aliphatic carbocycles. The summed E-state index contributed by atoms with van der Waals surface area (Å²) in [6, 6.07) is 0. The molecule has 0 N–H and O–H groups in total. The molecule has 0 aromatic heterocycles. The first-order valence-corrected chi connectivity index (χ1v) is 5.00. The molecule has 0 aromatic rings. The van der Waals surface area contributed by atoms with Gasteiger partial charge in [0, 0.05) is 18.4 Å². The van der Waals surface area contributed by atoms with Gasteiger partial charge in [-0.25, -0.2) is 0 Å². The van der Waals surface area contributed by atoms with Crippen LogP contribution in [0, 0.1) is 5.92 Å². The molecule has 0 unspecified atom stereocenters. The molecule has 0 aromatic carbocycles. The smallest absolute Gasteiger partial charge is 0.0157 e. The van der Waals surface area contributed by atoms with E-state index in [0.717, 1.165) is 6.42 Å². The van der Waals surface area contributed by atoms with Crippen LogP contribution in [-0.4, -0.2) is 11.9 Å². The molecule has 13 heavy (non-hydrogen) atoms. The molecule has 0 amide bonds. The van der Waals surface area contributed by atoms with Crippen LogP contribution in [-0.2, 0) is 0 Å². The standard InChI is InChI=1S/C12H23N/c1-8-12(10(4)5)13(7)11(6)9(2)3/h9H,6,8H2,1-5,7H3. The van der Waals surface area contributed by atoms with E-state index in [4.69, 9.17) is 0 Å². The Balaban J connectivity index is 4.67. The average molecular weight is 181 g/mol. The van der Waals surface area contributed by atoms with Crippen LogP contribution >= 0.6 is 0 Å². The lowest BCUT2D eigenvalue weighted by Crippen LogP contribution is -2.20. The molecule has 0 saturated heterocycles. The van der Waals surface area contributed by atoms with Gasteiger partial charge in [0.05, 0.1) is 0 Å². The van der Waals surface area contributed by atoms with E-state index >= 15 is 0 Å². The van der Waals surface area contributed by atoms with Crippen LogP contribution in [0.25, 0.3) is 0 Å². The summed E-state index contributed by atoms with van der Waals surface area (Å²) in [6.07, 6.45) is 1.07. The van der Waals surface area contributed by atoms with Gasteiger partial charge >= 0.3 is 0 Å². The third kappa shape index (κ3) is 3.25. The lowest BCUT2D eigenvalue weighted by Gasteiger charge is -2.27. The van der Waals surface area contributed by atoms with Crippen LogP contribution in [0.15, 0.2) is 23.5 Å². The molecule has 0 spiro atoms. The van der Waals surface area contributed by atoms with Gasteiger partial charge in [-0.05, 0) is 26.2 Å². The van der Waals surface area contributed by atoms with E-state index in [1.54, 1.807) is 0 Å². The number of hydrogen-bond donors (Lipinski definition) is 0. The van der Waals surface area contributed by atoms with Crippen LogP contribution < -0.4 is 0 Å². The van der Waals surface area contributed by atoms with Crippen molar-refractivity contribution in [3.63, 3.8) is 0 Å². The van der Waals surface area contributed by atoms with Crippen molar-refractivity contribution < 1.29 is 0 Å². The van der Waals surface area contributed by atoms with Crippen molar-refractivity contribution in [3.05, 3.63) is 23.5 Å². The van der Waals surface area contributed by atoms with Crippen molar-refractivity contribution in [2.45, 2.75) is 41.0 Å². The maximum Gasteiger partial charge on any atom is 0.0157 e. The summed E-state index contributed by atoms with van der Waals surface area (Å²) in [5.41, 5.74) is 3.96. The second-order valence-electron chi connectivity index (χ2n) is 4.01. The summed E-state index contributed by atoms with van der Waals surface area (Å²) in [4.78, 5) is 2.22. The van der Waals surface area contributed by atoms with Crippen molar-refractivity contribution in [2.75, 3.05) is 7.05 Å². The predicted octanol–water partition coefficient (Wildman–Crippen LogP) is 3.79. The van der Waals surface area contributed by atoms with Crippen LogP contribution in [0.2, 0.25) is 0 Å². The molecule has 1 nitrogen and oxygen atoms in total. The summed E-state index contributed by atoms with van der Waals surface area (Å²) in [7, 11) is 2.11. The molecule has 0 heterocycles. The minimum Gasteiger partial charge on any atom is -0.352 e. The van der Waals surface area contributed by atoms with E-state index < -0.39 is 0 Å². The normalized spacial score (nSPS) is 10.1. The van der Waals surface area contributed by atoms with E-state index in [1.165, 1.54) is 17.0 Å². The maximum atomic E-state index is 4.10. The van der Waals surface area contributed by atoms with Gasteiger partial charge in [0.15, 0.2) is 0 Å². The van der Waals surface area contributed by atoms with Gasteiger partial charge in [0.25, 0.3) is 0 Å². The lowest BCUT2D eigenvalue weighted by molar-refractivity contribution is 0.439. The Morgan fingerprint density at radius 1 is 1.31 bits per heavy atom. The van der Waals surface area contributed by atoms with E-state index in [9.17, 15) is 0 Å². The number of allylic oxidation sites excluding steroid dienone is 3. The molecule has 0 rings (SSSR count). The molecule has 0 radical (unpaired) electrons. The topological polar surface area (TPSA) is 3.24 Å². The zero-order chi connectivity index (χ0) is 10.6. The molecular weight excluding hydrogens is 158 g/mol. The van der Waals surface area contributed by atoms with Crippen LogP contribution in [0.3, 0.4) is 0 Å². The average Bonchev–Trinajstić information content (AvgIpc) is 2.03. The first-order chi connectivity index (χ1) is 5.91. The molecule has 0 fully saturated rings. The summed E-state index contributed by atoms with van der Waals surface area (Å²) < 4.78 is 0. The summed E-state index contributed by atoms with van der Waals surface area (Å²) in [6.45, 7) is 15.0. The zero-order valence-corrected chi connectivity index (χ0v) is 9.94. The molecule has 0 atom stereocenters. The Kier molecular flexibility index (Phi) is 4.82. The maximum absolute atomic E-state index is 4.10. The van der Waals surface area contributed by atoms with Gasteiger partial charge in [-0.1, -0.05) is 32.9 Å². The lowest BCUT2D eigenvalue weighted by atomic mass is 10.1. The van der Waals surface area contributed by atoms with Crippen LogP contribution in [0.4, 0.5) is 0 Å². The minimum absolute atomic E-state index is 0.519. The van der Waals surface area contributed by atoms with Gasteiger partial charge in [-0.2, -0.15) is 0 Å². The van der Waals surface area contributed by atoms with E-state index in [2.05, 4.69) is 53.1 Å². The highest BCUT2D eigenvalue weighted by Gasteiger charge is 2.10. The second-order valence-corrected chi connectivity index (χ2v) is 4.01. The van der Waals surface area contributed by atoms with E-state index in [-0.39, 0.29) is 0 Å². The fourth-order valence-corrected chi connectivity index (χ4v) is 1.49. The molecular formula is C12H23N. The molecule has 1 heteroatoms. The minimum atomic E-state index is 0.519. The summed E-state index contributed by atoms with van der Waals surface area (Å²) >= 11 is 0. The predicted molar refractivity (Wildman–Crippen MR) is 60.4 cm³/mol. The van der Waals surface area contributed by atoms with Crippen molar-refractivity contribution in [2.24, 2.45) is 5.92 Å². The molecule has 0 aliphatic heterocycles. The Bertz CT molecular complexity index is 207. The van der Waals surface area contributed by atoms with Crippen molar-refractivity contribution in [3.8, 4) is 0 Å². The molecule has 0 saturated carbocycles. The Morgan fingerprint density at radius 3 is 2.00 bits per heavy atom. The molecule has 0 aliphatic rings. The van der Waals surface area contributed by atoms with Gasteiger partial charge in [-0.15, -0.1) is 0 Å². The van der Waals surface area contributed by atoms with Gasteiger partial charge < -0.3 is 4.90 Å². The third-order valence-electron chi connectivity index (χ3n) is 2.41. The fourth-order valence-electron chi connectivity index (χ4n) is 1.49. The summed E-state index contributed by atoms with van der Waals surface area (Å²) in [5, 5.41) is 0. The monoisotopic (exact) mass is 181 g/mol.